The van der Waals surface area contributed by atoms with E-state index < -0.39 is 23.2 Å². The molecule has 3 aliphatic rings. The molecule has 4 unspecified atom stereocenters. The molecule has 27 heavy (non-hydrogen) atoms. The molecule has 7 heteroatoms. The van der Waals surface area contributed by atoms with Crippen LogP contribution in [0, 0.1) is 11.8 Å². The number of unbranched alkanes of at least 4 members (excludes halogenated alkanes) is 1. The molecule has 2 saturated heterocycles. The molecule has 0 spiro atoms. The number of esters is 1. The molecule has 0 aromatic carbocycles. The minimum atomic E-state index is -1.22. The van der Waals surface area contributed by atoms with Crippen molar-refractivity contribution < 1.29 is 19.4 Å². The number of alkyl halides is 2. The Kier molecular flexibility index (Phi) is 8.68. The molecule has 2 aliphatic heterocycles. The van der Waals surface area contributed by atoms with Gasteiger partial charge in [-0.1, -0.05) is 91.1 Å². The van der Waals surface area contributed by atoms with E-state index >= 15 is 0 Å². The average Bonchev–Trinajstić information content (AvgIpc) is 2.83. The predicted octanol–water partition coefficient (Wildman–Crippen LogP) is 4.51. The van der Waals surface area contributed by atoms with Gasteiger partial charge in [0.05, 0.1) is 14.0 Å². The van der Waals surface area contributed by atoms with E-state index in [2.05, 4.69) is 64.3 Å². The molecule has 1 saturated carbocycles. The molecule has 2 heterocycles. The Labute approximate surface area is 190 Å². The van der Waals surface area contributed by atoms with Crippen molar-refractivity contribution in [2.75, 3.05) is 0 Å². The van der Waals surface area contributed by atoms with Gasteiger partial charge in [-0.15, -0.1) is 0 Å². The van der Waals surface area contributed by atoms with Crippen molar-refractivity contribution in [3.05, 3.63) is 0 Å². The van der Waals surface area contributed by atoms with Crippen LogP contribution >= 0.6 is 45.2 Å². The topological polar surface area (TPSA) is 75.6 Å². The Hall–Kier alpha value is 0.360. The largest absolute Gasteiger partial charge is 0.453 e. The van der Waals surface area contributed by atoms with Gasteiger partial charge >= 0.3 is 5.97 Å². The second-order valence-electron chi connectivity index (χ2n) is 8.13. The molecule has 2 N–H and O–H groups in total. The molecule has 0 aromatic heterocycles. The SMILES string of the molecule is CCC(I)I.CCCCC1C(=O)NC2(C(O)C3CCCCC3)C(=O)OC12C. The normalized spacial score (nSPS) is 34.1. The second kappa shape index (κ2) is 9.91. The Morgan fingerprint density at radius 2 is 1.81 bits per heavy atom. The second-order valence-corrected chi connectivity index (χ2v) is 13.5. The van der Waals surface area contributed by atoms with Crippen molar-refractivity contribution in [3.8, 4) is 0 Å². The van der Waals surface area contributed by atoms with E-state index in [4.69, 9.17) is 4.74 Å². The summed E-state index contributed by atoms with van der Waals surface area (Å²) in [4.78, 5) is 24.7. The number of hydrogen-bond donors (Lipinski definition) is 2. The number of carbonyl (C=O) groups is 2. The third kappa shape index (κ3) is 4.44. The van der Waals surface area contributed by atoms with Crippen molar-refractivity contribution in [2.45, 2.75) is 97.7 Å². The summed E-state index contributed by atoms with van der Waals surface area (Å²) in [5, 5.41) is 13.8. The summed E-state index contributed by atoms with van der Waals surface area (Å²) in [6.07, 6.45) is 8.23. The summed E-state index contributed by atoms with van der Waals surface area (Å²) >= 11 is 4.79. The third-order valence-corrected chi connectivity index (χ3v) is 8.17. The van der Waals surface area contributed by atoms with Crippen LogP contribution in [0.4, 0.5) is 0 Å². The minimum absolute atomic E-state index is 0.0751. The summed E-state index contributed by atoms with van der Waals surface area (Å²) in [5.74, 6) is -0.869. The smallest absolute Gasteiger partial charge is 0.339 e. The lowest BCUT2D eigenvalue weighted by Crippen LogP contribution is -2.80. The van der Waals surface area contributed by atoms with Crippen LogP contribution in [-0.2, 0) is 14.3 Å². The predicted molar refractivity (Wildman–Crippen MR) is 123 cm³/mol. The molecule has 0 bridgehead atoms. The maximum atomic E-state index is 12.4. The first kappa shape index (κ1) is 23.6. The highest BCUT2D eigenvalue weighted by Gasteiger charge is 2.79. The van der Waals surface area contributed by atoms with Gasteiger partial charge < -0.3 is 15.2 Å². The van der Waals surface area contributed by atoms with E-state index in [0.717, 1.165) is 40.5 Å². The number of fused-ring (bicyclic) bond motifs is 1. The highest BCUT2D eigenvalue weighted by atomic mass is 127. The number of ether oxygens (including phenoxy) is 1. The molecular formula is C20H33I2NO4. The van der Waals surface area contributed by atoms with Gasteiger partial charge in [-0.05, 0) is 38.5 Å². The maximum Gasteiger partial charge on any atom is 0.339 e. The van der Waals surface area contributed by atoms with Gasteiger partial charge in [0.25, 0.3) is 0 Å². The number of halogens is 2. The Bertz CT molecular complexity index is 536. The molecule has 0 aromatic rings. The van der Waals surface area contributed by atoms with E-state index in [1.165, 1.54) is 12.8 Å². The van der Waals surface area contributed by atoms with Crippen LogP contribution in [0.25, 0.3) is 0 Å². The summed E-state index contributed by atoms with van der Waals surface area (Å²) in [5.41, 5.74) is -2.11. The summed E-state index contributed by atoms with van der Waals surface area (Å²) < 4.78 is 6.29. The summed E-state index contributed by atoms with van der Waals surface area (Å²) in [6, 6.07) is 0. The van der Waals surface area contributed by atoms with E-state index in [1.807, 2.05) is 6.92 Å². The number of amides is 1. The minimum Gasteiger partial charge on any atom is -0.453 e. The molecule has 1 aliphatic carbocycles. The number of aliphatic hydroxyl groups is 1. The van der Waals surface area contributed by atoms with Crippen LogP contribution < -0.4 is 5.32 Å². The molecule has 156 valence electrons. The van der Waals surface area contributed by atoms with Crippen LogP contribution in [0.1, 0.15) is 78.6 Å². The number of hydrogen-bond acceptors (Lipinski definition) is 4. The first-order chi connectivity index (χ1) is 12.7. The van der Waals surface area contributed by atoms with Crippen LogP contribution in [0.5, 0.6) is 0 Å². The molecular weight excluding hydrogens is 572 g/mol. The van der Waals surface area contributed by atoms with Gasteiger partial charge in [0.1, 0.15) is 0 Å². The maximum absolute atomic E-state index is 12.4. The van der Waals surface area contributed by atoms with Crippen LogP contribution in [-0.4, -0.2) is 36.2 Å². The zero-order valence-electron chi connectivity index (χ0n) is 16.6. The van der Waals surface area contributed by atoms with E-state index in [9.17, 15) is 14.7 Å². The summed E-state index contributed by atoms with van der Waals surface area (Å²) in [7, 11) is 0. The van der Waals surface area contributed by atoms with Gasteiger partial charge in [0, 0.05) is 0 Å². The van der Waals surface area contributed by atoms with Gasteiger partial charge in [-0.25, -0.2) is 4.79 Å². The lowest BCUT2D eigenvalue weighted by atomic mass is 9.63. The Morgan fingerprint density at radius 3 is 2.30 bits per heavy atom. The number of carbonyl (C=O) groups excluding carboxylic acids is 2. The zero-order valence-corrected chi connectivity index (χ0v) is 20.9. The first-order valence-electron chi connectivity index (χ1n) is 10.3. The third-order valence-electron chi connectivity index (χ3n) is 6.41. The number of aliphatic hydroxyl groups excluding tert-OH is 1. The molecule has 1 amide bonds. The van der Waals surface area contributed by atoms with E-state index in [0.29, 0.717) is 6.42 Å². The highest BCUT2D eigenvalue weighted by molar-refractivity contribution is 14.2. The standard InChI is InChI=1S/C17H27NO4.C3H6I2/c1-3-4-10-12-14(20)18-17(15(21)22-16(12,17)2)13(19)11-8-6-5-7-9-11;1-2-3(4)5/h11-13,19H,3-10H2,1-2H3,(H,18,20);3H,2H2,1H3. The fourth-order valence-electron chi connectivity index (χ4n) is 4.67. The van der Waals surface area contributed by atoms with Crippen molar-refractivity contribution in [2.24, 2.45) is 11.8 Å². The quantitative estimate of drug-likeness (QED) is 0.266. The van der Waals surface area contributed by atoms with E-state index in [-0.39, 0.29) is 17.7 Å². The van der Waals surface area contributed by atoms with Gasteiger partial charge in [0.2, 0.25) is 11.4 Å². The fourth-order valence-corrected chi connectivity index (χ4v) is 4.67. The lowest BCUT2D eigenvalue weighted by molar-refractivity contribution is -0.240. The van der Waals surface area contributed by atoms with Crippen molar-refractivity contribution in [3.63, 3.8) is 0 Å². The van der Waals surface area contributed by atoms with Crippen molar-refractivity contribution in [1.82, 2.24) is 5.32 Å². The molecule has 4 atom stereocenters. The average molecular weight is 605 g/mol. The number of nitrogens with one attached hydrogen (secondary N) is 1. The van der Waals surface area contributed by atoms with Gasteiger partial charge in [-0.2, -0.15) is 0 Å². The van der Waals surface area contributed by atoms with Crippen LogP contribution in [0.15, 0.2) is 0 Å². The molecule has 3 fully saturated rings. The van der Waals surface area contributed by atoms with Crippen LogP contribution in [0.3, 0.4) is 0 Å². The van der Waals surface area contributed by atoms with Crippen molar-refractivity contribution >= 4 is 57.1 Å². The molecule has 5 nitrogen and oxygen atoms in total. The van der Waals surface area contributed by atoms with Gasteiger partial charge in [-0.3, -0.25) is 4.79 Å². The highest BCUT2D eigenvalue weighted by Crippen LogP contribution is 2.54. The fraction of sp³-hybridized carbons (Fsp3) is 0.900. The van der Waals surface area contributed by atoms with E-state index in [1.54, 1.807) is 0 Å². The van der Waals surface area contributed by atoms with Gasteiger partial charge in [0.15, 0.2) is 5.60 Å². The lowest BCUT2D eigenvalue weighted by Gasteiger charge is -2.55. The molecule has 3 rings (SSSR count). The Morgan fingerprint density at radius 1 is 1.22 bits per heavy atom. The molecule has 0 radical (unpaired) electrons. The zero-order chi connectivity index (χ0) is 20.2. The van der Waals surface area contributed by atoms with Crippen LogP contribution in [0.2, 0.25) is 0 Å². The monoisotopic (exact) mass is 605 g/mol. The Balaban J connectivity index is 0.000000465. The van der Waals surface area contributed by atoms with Crippen molar-refractivity contribution in [1.29, 1.82) is 0 Å². The number of rotatable bonds is 6. The first-order valence-corrected chi connectivity index (χ1v) is 12.7. The summed E-state index contributed by atoms with van der Waals surface area (Å²) in [6.45, 7) is 6.08.